The van der Waals surface area contributed by atoms with Crippen molar-refractivity contribution in [3.8, 4) is 5.75 Å². The van der Waals surface area contributed by atoms with E-state index in [-0.39, 0.29) is 17.6 Å². The highest BCUT2D eigenvalue weighted by Gasteiger charge is 2.22. The van der Waals surface area contributed by atoms with E-state index in [1.807, 2.05) is 6.92 Å². The van der Waals surface area contributed by atoms with Crippen LogP contribution in [0.15, 0.2) is 18.2 Å². The van der Waals surface area contributed by atoms with Gasteiger partial charge in [0.15, 0.2) is 11.6 Å². The first-order chi connectivity index (χ1) is 8.61. The van der Waals surface area contributed by atoms with Crippen LogP contribution in [0, 0.1) is 11.7 Å². The summed E-state index contributed by atoms with van der Waals surface area (Å²) in [5.74, 6) is 0.522. The van der Waals surface area contributed by atoms with Gasteiger partial charge >= 0.3 is 0 Å². The highest BCUT2D eigenvalue weighted by Crippen LogP contribution is 2.31. The molecule has 1 aliphatic rings. The van der Waals surface area contributed by atoms with Gasteiger partial charge in [0.1, 0.15) is 0 Å². The maximum absolute atomic E-state index is 13.6. The Hall–Kier alpha value is -1.58. The van der Waals surface area contributed by atoms with E-state index in [1.165, 1.54) is 23.8 Å². The quantitative estimate of drug-likeness (QED) is 0.728. The summed E-state index contributed by atoms with van der Waals surface area (Å²) in [5.41, 5.74) is 0.872. The second kappa shape index (κ2) is 5.38. The Labute approximate surface area is 107 Å². The molecule has 0 aliphatic heterocycles. The predicted octanol–water partition coefficient (Wildman–Crippen LogP) is 2.76. The Bertz CT molecular complexity index is 432. The molecule has 0 heterocycles. The van der Waals surface area contributed by atoms with E-state index in [0.717, 1.165) is 12.0 Å². The summed E-state index contributed by atoms with van der Waals surface area (Å²) in [6.07, 6.45) is 3.11. The first-order valence-electron chi connectivity index (χ1n) is 6.21. The van der Waals surface area contributed by atoms with Gasteiger partial charge < -0.3 is 9.64 Å². The van der Waals surface area contributed by atoms with E-state index in [4.69, 9.17) is 4.74 Å². The molecular weight excluding hydrogens is 233 g/mol. The normalized spacial score (nSPS) is 16.2. The summed E-state index contributed by atoms with van der Waals surface area (Å²) in [5, 5.41) is 0. The number of nitrogens with zero attached hydrogens (tertiary/aromatic N) is 1. The molecule has 1 aliphatic carbocycles. The minimum Gasteiger partial charge on any atom is -0.490 e. The summed E-state index contributed by atoms with van der Waals surface area (Å²) >= 11 is 0. The van der Waals surface area contributed by atoms with Gasteiger partial charge in [-0.3, -0.25) is 4.79 Å². The van der Waals surface area contributed by atoms with Gasteiger partial charge in [0.2, 0.25) is 6.41 Å². The van der Waals surface area contributed by atoms with Crippen LogP contribution in [0.2, 0.25) is 0 Å². The van der Waals surface area contributed by atoms with Crippen LogP contribution in [-0.2, 0) is 4.79 Å². The molecule has 3 nitrogen and oxygen atoms in total. The van der Waals surface area contributed by atoms with Crippen LogP contribution in [0.4, 0.5) is 4.39 Å². The molecule has 1 aromatic rings. The van der Waals surface area contributed by atoms with Gasteiger partial charge in [-0.05, 0) is 43.4 Å². The first-order valence-corrected chi connectivity index (χ1v) is 6.21. The van der Waals surface area contributed by atoms with Gasteiger partial charge in [-0.25, -0.2) is 4.39 Å². The fourth-order valence-electron chi connectivity index (χ4n) is 1.71. The molecule has 18 heavy (non-hydrogen) atoms. The zero-order valence-corrected chi connectivity index (χ0v) is 10.7. The van der Waals surface area contributed by atoms with Crippen molar-refractivity contribution in [1.29, 1.82) is 0 Å². The lowest BCUT2D eigenvalue weighted by Gasteiger charge is -2.21. The van der Waals surface area contributed by atoms with Crippen molar-refractivity contribution in [2.45, 2.75) is 25.8 Å². The van der Waals surface area contributed by atoms with E-state index in [2.05, 4.69) is 0 Å². The monoisotopic (exact) mass is 251 g/mol. The summed E-state index contributed by atoms with van der Waals surface area (Å²) in [6.45, 7) is 2.48. The standard InChI is InChI=1S/C14H18FNO2/c1-10(16(2)9-17)12-5-6-13(15)14(7-12)18-8-11-3-4-11/h5-7,9-11H,3-4,8H2,1-2H3. The van der Waals surface area contributed by atoms with Crippen LogP contribution in [0.25, 0.3) is 0 Å². The molecule has 1 saturated carbocycles. The molecule has 1 atom stereocenters. The highest BCUT2D eigenvalue weighted by molar-refractivity contribution is 5.48. The molecule has 98 valence electrons. The van der Waals surface area contributed by atoms with E-state index < -0.39 is 0 Å². The lowest BCUT2D eigenvalue weighted by Crippen LogP contribution is -2.20. The maximum Gasteiger partial charge on any atom is 0.209 e. The van der Waals surface area contributed by atoms with Crippen LogP contribution < -0.4 is 4.74 Å². The Morgan fingerprint density at radius 3 is 2.89 bits per heavy atom. The summed E-state index contributed by atoms with van der Waals surface area (Å²) in [6, 6.07) is 4.67. The van der Waals surface area contributed by atoms with Gasteiger partial charge in [-0.15, -0.1) is 0 Å². The Morgan fingerprint density at radius 2 is 2.28 bits per heavy atom. The van der Waals surface area contributed by atoms with Crippen molar-refractivity contribution in [3.63, 3.8) is 0 Å². The van der Waals surface area contributed by atoms with E-state index in [1.54, 1.807) is 19.2 Å². The Balaban J connectivity index is 2.10. The Kier molecular flexibility index (Phi) is 3.84. The second-order valence-corrected chi connectivity index (χ2v) is 4.89. The molecule has 2 rings (SSSR count). The van der Waals surface area contributed by atoms with Crippen molar-refractivity contribution in [1.82, 2.24) is 4.90 Å². The minimum absolute atomic E-state index is 0.0913. The molecule has 1 aromatic carbocycles. The zero-order valence-electron chi connectivity index (χ0n) is 10.7. The molecule has 0 radical (unpaired) electrons. The van der Waals surface area contributed by atoms with E-state index in [9.17, 15) is 9.18 Å². The van der Waals surface area contributed by atoms with Gasteiger partial charge in [0, 0.05) is 7.05 Å². The van der Waals surface area contributed by atoms with Crippen LogP contribution >= 0.6 is 0 Å². The summed E-state index contributed by atoms with van der Waals surface area (Å²) in [4.78, 5) is 12.3. The SMILES string of the molecule is CC(c1ccc(F)c(OCC2CC2)c1)N(C)C=O. The lowest BCUT2D eigenvalue weighted by atomic mass is 10.1. The number of ether oxygens (including phenoxy) is 1. The number of hydrogen-bond donors (Lipinski definition) is 0. The van der Waals surface area contributed by atoms with E-state index >= 15 is 0 Å². The van der Waals surface area contributed by atoms with Crippen molar-refractivity contribution < 1.29 is 13.9 Å². The fraction of sp³-hybridized carbons (Fsp3) is 0.500. The molecular formula is C14H18FNO2. The molecule has 0 spiro atoms. The van der Waals surface area contributed by atoms with Crippen molar-refractivity contribution in [2.24, 2.45) is 5.92 Å². The number of hydrogen-bond acceptors (Lipinski definition) is 2. The molecule has 0 bridgehead atoms. The molecule has 1 fully saturated rings. The van der Waals surface area contributed by atoms with Crippen LogP contribution in [0.1, 0.15) is 31.4 Å². The molecule has 1 unspecified atom stereocenters. The average Bonchev–Trinajstić information content (AvgIpc) is 3.20. The van der Waals surface area contributed by atoms with Crippen molar-refractivity contribution in [3.05, 3.63) is 29.6 Å². The van der Waals surface area contributed by atoms with Gasteiger partial charge in [-0.2, -0.15) is 0 Å². The topological polar surface area (TPSA) is 29.5 Å². The van der Waals surface area contributed by atoms with Crippen molar-refractivity contribution >= 4 is 6.41 Å². The average molecular weight is 251 g/mol. The number of benzene rings is 1. The Morgan fingerprint density at radius 1 is 1.56 bits per heavy atom. The molecule has 4 heteroatoms. The third kappa shape index (κ3) is 3.00. The molecule has 0 N–H and O–H groups in total. The van der Waals surface area contributed by atoms with Crippen LogP contribution in [0.3, 0.4) is 0 Å². The fourth-order valence-corrected chi connectivity index (χ4v) is 1.71. The molecule has 0 aromatic heterocycles. The van der Waals surface area contributed by atoms with Gasteiger partial charge in [0.05, 0.1) is 12.6 Å². The number of rotatable bonds is 6. The smallest absolute Gasteiger partial charge is 0.209 e. The van der Waals surface area contributed by atoms with E-state index in [0.29, 0.717) is 12.5 Å². The number of amides is 1. The summed E-state index contributed by atoms with van der Waals surface area (Å²) in [7, 11) is 1.70. The lowest BCUT2D eigenvalue weighted by molar-refractivity contribution is -0.118. The number of carbonyl (C=O) groups excluding carboxylic acids is 1. The maximum atomic E-state index is 13.6. The largest absolute Gasteiger partial charge is 0.490 e. The third-order valence-corrected chi connectivity index (χ3v) is 3.39. The van der Waals surface area contributed by atoms with Gasteiger partial charge in [-0.1, -0.05) is 6.07 Å². The third-order valence-electron chi connectivity index (χ3n) is 3.39. The van der Waals surface area contributed by atoms with Gasteiger partial charge in [0.25, 0.3) is 0 Å². The van der Waals surface area contributed by atoms with Crippen molar-refractivity contribution in [2.75, 3.05) is 13.7 Å². The minimum atomic E-state index is -0.347. The van der Waals surface area contributed by atoms with Crippen LogP contribution in [-0.4, -0.2) is 25.0 Å². The van der Waals surface area contributed by atoms with Crippen LogP contribution in [0.5, 0.6) is 5.75 Å². The zero-order chi connectivity index (χ0) is 13.1. The first kappa shape index (κ1) is 12.9. The molecule has 1 amide bonds. The second-order valence-electron chi connectivity index (χ2n) is 4.89. The number of carbonyl (C=O) groups is 1. The highest BCUT2D eigenvalue weighted by atomic mass is 19.1. The summed E-state index contributed by atoms with van der Waals surface area (Å²) < 4.78 is 19.1. The number of halogens is 1. The molecule has 0 saturated heterocycles. The predicted molar refractivity (Wildman–Crippen MR) is 66.9 cm³/mol.